The molecule has 33 heavy (non-hydrogen) atoms. The Morgan fingerprint density at radius 3 is 2.61 bits per heavy atom. The minimum absolute atomic E-state index is 0.270. The first-order valence-electron chi connectivity index (χ1n) is 11.3. The molecule has 9 heteroatoms. The number of nitrogens with zero attached hydrogens (tertiary/aromatic N) is 5. The van der Waals surface area contributed by atoms with Crippen molar-refractivity contribution < 1.29 is 9.59 Å². The quantitative estimate of drug-likeness (QED) is 0.306. The first-order chi connectivity index (χ1) is 16.2. The molecule has 3 aromatic heterocycles. The molecule has 1 aliphatic heterocycles. The van der Waals surface area contributed by atoms with Crippen LogP contribution in [0.3, 0.4) is 0 Å². The lowest BCUT2D eigenvalue weighted by Crippen LogP contribution is -2.35. The molecule has 1 unspecified atom stereocenters. The summed E-state index contributed by atoms with van der Waals surface area (Å²) in [6.45, 7) is 0. The van der Waals surface area contributed by atoms with Crippen molar-refractivity contribution in [3.05, 3.63) is 58.0 Å². The van der Waals surface area contributed by atoms with Gasteiger partial charge in [0.05, 0.1) is 16.5 Å². The van der Waals surface area contributed by atoms with Gasteiger partial charge in [-0.15, -0.1) is 16.4 Å². The number of imide groups is 1. The summed E-state index contributed by atoms with van der Waals surface area (Å²) in [5, 5.41) is 5.82. The van der Waals surface area contributed by atoms with Crippen LogP contribution >= 0.6 is 23.1 Å². The predicted octanol–water partition coefficient (Wildman–Crippen LogP) is 4.70. The zero-order valence-corrected chi connectivity index (χ0v) is 19.9. The number of rotatable bonds is 5. The van der Waals surface area contributed by atoms with Crippen molar-refractivity contribution in [3.63, 3.8) is 0 Å². The van der Waals surface area contributed by atoms with E-state index in [1.807, 2.05) is 6.26 Å². The first kappa shape index (κ1) is 20.8. The Hall–Kier alpha value is -2.78. The number of aromatic nitrogens is 4. The molecule has 0 bridgehead atoms. The number of aryl methyl sites for hydroxylation is 2. The second-order valence-electron chi connectivity index (χ2n) is 8.55. The number of amides is 2. The molecule has 2 amide bonds. The Labute approximate surface area is 199 Å². The number of fused-ring (bicyclic) bond motifs is 6. The third kappa shape index (κ3) is 3.28. The van der Waals surface area contributed by atoms with Crippen molar-refractivity contribution in [2.24, 2.45) is 0 Å². The summed E-state index contributed by atoms with van der Waals surface area (Å²) in [5.41, 5.74) is 3.03. The standard InChI is InChI=1S/C24H23N5O2S2/c1-32-12-11-17(29-23(30)14-7-5-6-8-15(14)24(29)31)20-26-21-19-16-9-3-2-4-10-18(16)33-22(19)25-13-28(21)27-20/h5-8,13,17H,2-4,9-12H2,1H3. The van der Waals surface area contributed by atoms with E-state index in [-0.39, 0.29) is 11.8 Å². The van der Waals surface area contributed by atoms with Gasteiger partial charge < -0.3 is 0 Å². The number of hydrogen-bond acceptors (Lipinski definition) is 7. The van der Waals surface area contributed by atoms with Crippen molar-refractivity contribution in [1.29, 1.82) is 0 Å². The van der Waals surface area contributed by atoms with E-state index in [1.165, 1.54) is 34.6 Å². The molecule has 1 aromatic carbocycles. The fourth-order valence-corrected chi connectivity index (χ4v) is 6.67. The number of carbonyl (C=O) groups is 2. The molecule has 2 aliphatic rings. The molecule has 1 atom stereocenters. The van der Waals surface area contributed by atoms with E-state index in [9.17, 15) is 9.59 Å². The minimum atomic E-state index is -0.517. The Morgan fingerprint density at radius 2 is 1.85 bits per heavy atom. The van der Waals surface area contributed by atoms with E-state index in [0.717, 1.165) is 34.5 Å². The van der Waals surface area contributed by atoms with Gasteiger partial charge in [0.2, 0.25) is 0 Å². The molecule has 0 N–H and O–H groups in total. The van der Waals surface area contributed by atoms with Crippen molar-refractivity contribution in [2.75, 3.05) is 12.0 Å². The molecule has 0 spiro atoms. The lowest BCUT2D eigenvalue weighted by molar-refractivity contribution is 0.0571. The minimum Gasteiger partial charge on any atom is -0.269 e. The van der Waals surface area contributed by atoms with Crippen LogP contribution in [0.1, 0.15) is 68.7 Å². The van der Waals surface area contributed by atoms with Crippen LogP contribution in [0.2, 0.25) is 0 Å². The highest BCUT2D eigenvalue weighted by molar-refractivity contribution is 7.98. The first-order valence-corrected chi connectivity index (χ1v) is 13.5. The maximum atomic E-state index is 13.2. The largest absolute Gasteiger partial charge is 0.269 e. The summed E-state index contributed by atoms with van der Waals surface area (Å²) in [7, 11) is 0. The smallest absolute Gasteiger partial charge is 0.262 e. The van der Waals surface area contributed by atoms with Gasteiger partial charge in [0.25, 0.3) is 11.8 Å². The highest BCUT2D eigenvalue weighted by atomic mass is 32.2. The molecule has 6 rings (SSSR count). The zero-order valence-electron chi connectivity index (χ0n) is 18.3. The highest BCUT2D eigenvalue weighted by Gasteiger charge is 2.41. The fourth-order valence-electron chi connectivity index (χ4n) is 4.98. The van der Waals surface area contributed by atoms with E-state index >= 15 is 0 Å². The fraction of sp³-hybridized carbons (Fsp3) is 0.375. The SMILES string of the molecule is CSCCC(c1nc2c3c4c(sc3ncn2n1)CCCCC4)N1C(=O)c2ccccc2C1=O. The Balaban J connectivity index is 1.48. The molecule has 4 heterocycles. The highest BCUT2D eigenvalue weighted by Crippen LogP contribution is 2.38. The maximum Gasteiger partial charge on any atom is 0.262 e. The van der Waals surface area contributed by atoms with E-state index in [2.05, 4.69) is 4.98 Å². The normalized spacial score (nSPS) is 16.9. The van der Waals surface area contributed by atoms with Gasteiger partial charge in [-0.05, 0) is 61.8 Å². The Morgan fingerprint density at radius 1 is 1.09 bits per heavy atom. The third-order valence-electron chi connectivity index (χ3n) is 6.59. The molecule has 1 aliphatic carbocycles. The zero-order chi connectivity index (χ0) is 22.5. The van der Waals surface area contributed by atoms with Crippen molar-refractivity contribution in [3.8, 4) is 0 Å². The molecule has 0 radical (unpaired) electrons. The van der Waals surface area contributed by atoms with Gasteiger partial charge in [0.1, 0.15) is 17.2 Å². The van der Waals surface area contributed by atoms with Gasteiger partial charge in [0, 0.05) is 4.88 Å². The lowest BCUT2D eigenvalue weighted by atomic mass is 10.1. The van der Waals surface area contributed by atoms with Gasteiger partial charge in [-0.1, -0.05) is 18.6 Å². The van der Waals surface area contributed by atoms with Crippen LogP contribution in [0.4, 0.5) is 0 Å². The van der Waals surface area contributed by atoms with E-state index in [1.54, 1.807) is 58.2 Å². The van der Waals surface area contributed by atoms with Gasteiger partial charge in [-0.25, -0.2) is 14.5 Å². The second kappa shape index (κ2) is 8.22. The van der Waals surface area contributed by atoms with Crippen LogP contribution in [0, 0.1) is 0 Å². The summed E-state index contributed by atoms with van der Waals surface area (Å²) in [6.07, 6.45) is 10.1. The van der Waals surface area contributed by atoms with Crippen LogP contribution in [0.5, 0.6) is 0 Å². The van der Waals surface area contributed by atoms with E-state index < -0.39 is 6.04 Å². The van der Waals surface area contributed by atoms with Gasteiger partial charge in [-0.2, -0.15) is 11.8 Å². The van der Waals surface area contributed by atoms with Crippen LogP contribution in [-0.4, -0.2) is 48.3 Å². The van der Waals surface area contributed by atoms with Crippen molar-refractivity contribution in [2.45, 2.75) is 44.6 Å². The van der Waals surface area contributed by atoms with Crippen LogP contribution < -0.4 is 0 Å². The predicted molar refractivity (Wildman–Crippen MR) is 130 cm³/mol. The molecule has 0 saturated heterocycles. The molecule has 0 fully saturated rings. The van der Waals surface area contributed by atoms with Crippen LogP contribution in [0.15, 0.2) is 30.6 Å². The van der Waals surface area contributed by atoms with E-state index in [4.69, 9.17) is 10.1 Å². The third-order valence-corrected chi connectivity index (χ3v) is 8.43. The maximum absolute atomic E-state index is 13.2. The van der Waals surface area contributed by atoms with Crippen LogP contribution in [0.25, 0.3) is 15.9 Å². The molecule has 0 saturated carbocycles. The summed E-state index contributed by atoms with van der Waals surface area (Å²) in [6, 6.07) is 6.49. The summed E-state index contributed by atoms with van der Waals surface area (Å²) in [4.78, 5) is 39.8. The number of thioether (sulfide) groups is 1. The molecule has 4 aromatic rings. The summed E-state index contributed by atoms with van der Waals surface area (Å²) >= 11 is 3.44. The number of thiophene rings is 1. The topological polar surface area (TPSA) is 80.5 Å². The van der Waals surface area contributed by atoms with E-state index in [0.29, 0.717) is 23.4 Å². The lowest BCUT2D eigenvalue weighted by Gasteiger charge is -2.23. The van der Waals surface area contributed by atoms with Crippen molar-refractivity contribution in [1.82, 2.24) is 24.5 Å². The van der Waals surface area contributed by atoms with Gasteiger partial charge in [-0.3, -0.25) is 14.5 Å². The Bertz CT molecular complexity index is 1370. The van der Waals surface area contributed by atoms with Gasteiger partial charge in [0.15, 0.2) is 11.5 Å². The number of hydrogen-bond donors (Lipinski definition) is 0. The molecular formula is C24H23N5O2S2. The average molecular weight is 478 g/mol. The Kier molecular flexibility index (Phi) is 5.18. The monoisotopic (exact) mass is 477 g/mol. The molecule has 168 valence electrons. The average Bonchev–Trinajstić information content (AvgIpc) is 3.42. The molecule has 7 nitrogen and oxygen atoms in total. The summed E-state index contributed by atoms with van der Waals surface area (Å²) < 4.78 is 1.72. The van der Waals surface area contributed by atoms with Crippen LogP contribution in [-0.2, 0) is 12.8 Å². The number of carbonyl (C=O) groups excluding carboxylic acids is 2. The second-order valence-corrected chi connectivity index (χ2v) is 10.6. The molecular weight excluding hydrogens is 454 g/mol. The van der Waals surface area contributed by atoms with Crippen molar-refractivity contribution >= 4 is 50.8 Å². The summed E-state index contributed by atoms with van der Waals surface area (Å²) in [5.74, 6) is 0.748. The van der Waals surface area contributed by atoms with Gasteiger partial charge >= 0.3 is 0 Å². The number of benzene rings is 1.